The second-order valence-electron chi connectivity index (χ2n) is 6.46. The first-order valence-corrected chi connectivity index (χ1v) is 9.82. The maximum absolute atomic E-state index is 13.9. The quantitative estimate of drug-likeness (QED) is 0.363. The van der Waals surface area contributed by atoms with Crippen LogP contribution < -0.4 is 9.47 Å². The molecular weight excluding hydrogens is 425 g/mol. The minimum Gasteiger partial charge on any atom is -0.490 e. The highest BCUT2D eigenvalue weighted by Gasteiger charge is 2.26. The number of aliphatic imine (C=N–C) groups is 1. The summed E-state index contributed by atoms with van der Waals surface area (Å²) in [7, 11) is 0. The maximum Gasteiger partial charge on any atom is 0.363 e. The van der Waals surface area contributed by atoms with Gasteiger partial charge in [0, 0.05) is 5.56 Å². The Labute approximate surface area is 182 Å². The van der Waals surface area contributed by atoms with Crippen molar-refractivity contribution in [3.8, 4) is 11.5 Å². The molecule has 2 aromatic carbocycles. The molecule has 2 heterocycles. The van der Waals surface area contributed by atoms with Gasteiger partial charge in [-0.15, -0.1) is 0 Å². The van der Waals surface area contributed by atoms with E-state index in [9.17, 15) is 9.18 Å². The monoisotopic (exact) mass is 441 g/mol. The number of cyclic esters (lactones) is 1. The van der Waals surface area contributed by atoms with Crippen molar-refractivity contribution >= 4 is 29.5 Å². The van der Waals surface area contributed by atoms with Crippen LogP contribution in [0.25, 0.3) is 6.08 Å². The van der Waals surface area contributed by atoms with E-state index < -0.39 is 5.97 Å². The SMILES string of the molecule is CCOc1cc(/C=C2\N=C(c3ccco3)OC2=O)cc(Cl)c1OCc1ccccc1F. The summed E-state index contributed by atoms with van der Waals surface area (Å²) in [4.78, 5) is 16.3. The number of esters is 1. The van der Waals surface area contributed by atoms with Crippen LogP contribution in [0.2, 0.25) is 5.02 Å². The van der Waals surface area contributed by atoms with Crippen LogP contribution in [-0.2, 0) is 16.1 Å². The molecule has 0 bridgehead atoms. The van der Waals surface area contributed by atoms with Crippen molar-refractivity contribution in [2.45, 2.75) is 13.5 Å². The summed E-state index contributed by atoms with van der Waals surface area (Å²) in [5.74, 6) is 0.0923. The van der Waals surface area contributed by atoms with Gasteiger partial charge in [0.25, 0.3) is 5.90 Å². The summed E-state index contributed by atoms with van der Waals surface area (Å²) < 4.78 is 35.6. The standard InChI is InChI=1S/C23H17ClFNO5/c1-2-28-20-12-14(11-18-23(27)31-22(26-18)19-8-5-9-29-19)10-16(24)21(20)30-13-15-6-3-4-7-17(15)25/h3-12H,2,13H2,1H3/b18-11-. The van der Waals surface area contributed by atoms with Crippen LogP contribution in [0.4, 0.5) is 4.39 Å². The first-order chi connectivity index (χ1) is 15.0. The van der Waals surface area contributed by atoms with Crippen molar-refractivity contribution < 1.29 is 27.8 Å². The van der Waals surface area contributed by atoms with Gasteiger partial charge in [-0.2, -0.15) is 0 Å². The fraction of sp³-hybridized carbons (Fsp3) is 0.130. The molecule has 0 atom stereocenters. The summed E-state index contributed by atoms with van der Waals surface area (Å²) in [6, 6.07) is 12.9. The molecule has 6 nitrogen and oxygen atoms in total. The molecule has 0 fully saturated rings. The third kappa shape index (κ3) is 4.62. The first-order valence-electron chi connectivity index (χ1n) is 9.44. The zero-order valence-corrected chi connectivity index (χ0v) is 17.2. The first kappa shape index (κ1) is 20.7. The van der Waals surface area contributed by atoms with Crippen molar-refractivity contribution in [2.24, 2.45) is 4.99 Å². The highest BCUT2D eigenvalue weighted by molar-refractivity contribution is 6.32. The van der Waals surface area contributed by atoms with Crippen molar-refractivity contribution in [2.75, 3.05) is 6.61 Å². The molecule has 0 radical (unpaired) electrons. The van der Waals surface area contributed by atoms with Crippen molar-refractivity contribution in [1.29, 1.82) is 0 Å². The van der Waals surface area contributed by atoms with Crippen molar-refractivity contribution in [3.63, 3.8) is 0 Å². The van der Waals surface area contributed by atoms with E-state index in [4.69, 9.17) is 30.2 Å². The number of carbonyl (C=O) groups excluding carboxylic acids is 1. The van der Waals surface area contributed by atoms with Gasteiger partial charge in [-0.25, -0.2) is 14.2 Å². The molecule has 8 heteroatoms. The Morgan fingerprint density at radius 3 is 2.74 bits per heavy atom. The molecule has 0 saturated heterocycles. The Hall–Kier alpha value is -3.58. The lowest BCUT2D eigenvalue weighted by Crippen LogP contribution is -2.04. The summed E-state index contributed by atoms with van der Waals surface area (Å²) in [5, 5.41) is 0.246. The summed E-state index contributed by atoms with van der Waals surface area (Å²) in [6.07, 6.45) is 2.98. The van der Waals surface area contributed by atoms with Gasteiger partial charge >= 0.3 is 5.97 Å². The van der Waals surface area contributed by atoms with Crippen LogP contribution in [0, 0.1) is 5.82 Å². The molecular formula is C23H17ClFNO5. The van der Waals surface area contributed by atoms with Crippen LogP contribution in [-0.4, -0.2) is 18.5 Å². The van der Waals surface area contributed by atoms with Crippen LogP contribution in [0.5, 0.6) is 11.5 Å². The van der Waals surface area contributed by atoms with E-state index in [0.29, 0.717) is 29.2 Å². The van der Waals surface area contributed by atoms with E-state index in [1.807, 2.05) is 6.92 Å². The molecule has 4 rings (SSSR count). The smallest absolute Gasteiger partial charge is 0.363 e. The Bertz CT molecular complexity index is 1170. The zero-order valence-electron chi connectivity index (χ0n) is 16.4. The number of halogens is 2. The Balaban J connectivity index is 1.62. The lowest BCUT2D eigenvalue weighted by Gasteiger charge is -2.15. The average molecular weight is 442 g/mol. The minimum atomic E-state index is -0.611. The zero-order chi connectivity index (χ0) is 21.8. The Morgan fingerprint density at radius 1 is 1.16 bits per heavy atom. The van der Waals surface area contributed by atoms with Crippen molar-refractivity contribution in [1.82, 2.24) is 0 Å². The summed E-state index contributed by atoms with van der Waals surface area (Å²) >= 11 is 6.41. The number of ether oxygens (including phenoxy) is 3. The number of hydrogen-bond donors (Lipinski definition) is 0. The highest BCUT2D eigenvalue weighted by Crippen LogP contribution is 2.38. The van der Waals surface area contributed by atoms with E-state index in [2.05, 4.69) is 4.99 Å². The predicted molar refractivity (Wildman–Crippen MR) is 113 cm³/mol. The molecule has 0 unspecified atom stereocenters. The minimum absolute atomic E-state index is 0.0178. The second kappa shape index (κ2) is 9.06. The molecule has 31 heavy (non-hydrogen) atoms. The third-order valence-electron chi connectivity index (χ3n) is 4.32. The molecule has 1 aliphatic heterocycles. The largest absolute Gasteiger partial charge is 0.490 e. The van der Waals surface area contributed by atoms with E-state index in [1.165, 1.54) is 18.4 Å². The highest BCUT2D eigenvalue weighted by atomic mass is 35.5. The number of furan rings is 1. The van der Waals surface area contributed by atoms with Gasteiger partial charge in [-0.3, -0.25) is 0 Å². The Kier molecular flexibility index (Phi) is 6.04. The second-order valence-corrected chi connectivity index (χ2v) is 6.86. The average Bonchev–Trinajstić information content (AvgIpc) is 3.39. The van der Waals surface area contributed by atoms with E-state index in [0.717, 1.165) is 0 Å². The van der Waals surface area contributed by atoms with E-state index in [1.54, 1.807) is 42.5 Å². The molecule has 0 spiro atoms. The van der Waals surface area contributed by atoms with Crippen LogP contribution in [0.1, 0.15) is 23.8 Å². The van der Waals surface area contributed by atoms with Crippen LogP contribution in [0.15, 0.2) is 69.9 Å². The van der Waals surface area contributed by atoms with Crippen molar-refractivity contribution in [3.05, 3.63) is 88.2 Å². The summed E-state index contributed by atoms with van der Waals surface area (Å²) in [5.41, 5.74) is 1.04. The number of hydrogen-bond acceptors (Lipinski definition) is 6. The van der Waals surface area contributed by atoms with Gasteiger partial charge in [-0.1, -0.05) is 29.8 Å². The molecule has 3 aromatic rings. The predicted octanol–water partition coefficient (Wildman–Crippen LogP) is 5.39. The molecule has 0 amide bonds. The molecule has 158 valence electrons. The summed E-state index contributed by atoms with van der Waals surface area (Å²) in [6.45, 7) is 2.15. The van der Waals surface area contributed by atoms with Crippen LogP contribution in [0.3, 0.4) is 0 Å². The molecule has 1 aliphatic rings. The van der Waals surface area contributed by atoms with Crippen LogP contribution >= 0.6 is 11.6 Å². The molecule has 1 aromatic heterocycles. The van der Waals surface area contributed by atoms with Gasteiger partial charge < -0.3 is 18.6 Å². The Morgan fingerprint density at radius 2 is 2.00 bits per heavy atom. The fourth-order valence-corrected chi connectivity index (χ4v) is 3.19. The fourth-order valence-electron chi connectivity index (χ4n) is 2.91. The number of rotatable bonds is 7. The van der Waals surface area contributed by atoms with Gasteiger partial charge in [0.05, 0.1) is 17.9 Å². The third-order valence-corrected chi connectivity index (χ3v) is 4.60. The number of benzene rings is 2. The van der Waals surface area contributed by atoms with Gasteiger partial charge in [0.15, 0.2) is 23.0 Å². The lowest BCUT2D eigenvalue weighted by atomic mass is 10.1. The van der Waals surface area contributed by atoms with Gasteiger partial charge in [-0.05, 0) is 48.9 Å². The van der Waals surface area contributed by atoms with Gasteiger partial charge in [0.2, 0.25) is 0 Å². The number of nitrogens with zero attached hydrogens (tertiary/aromatic N) is 1. The number of carbonyl (C=O) groups is 1. The molecule has 0 aliphatic carbocycles. The van der Waals surface area contributed by atoms with Gasteiger partial charge in [0.1, 0.15) is 12.4 Å². The topological polar surface area (TPSA) is 70.3 Å². The molecule has 0 N–H and O–H groups in total. The normalized spacial score (nSPS) is 14.5. The maximum atomic E-state index is 13.9. The van der Waals surface area contributed by atoms with E-state index in [-0.39, 0.29) is 34.8 Å². The molecule has 0 saturated carbocycles. The van der Waals surface area contributed by atoms with E-state index >= 15 is 0 Å². The lowest BCUT2D eigenvalue weighted by molar-refractivity contribution is -0.130.